The van der Waals surface area contributed by atoms with Gasteiger partial charge in [-0.25, -0.2) is 4.99 Å². The Morgan fingerprint density at radius 1 is 1.26 bits per heavy atom. The first kappa shape index (κ1) is 13.2. The Morgan fingerprint density at radius 2 is 2.00 bits per heavy atom. The van der Waals surface area contributed by atoms with E-state index in [1.165, 1.54) is 5.56 Å². The Labute approximate surface area is 113 Å². The lowest BCUT2D eigenvalue weighted by Crippen LogP contribution is -2.22. The van der Waals surface area contributed by atoms with Crippen molar-refractivity contribution in [3.8, 4) is 0 Å². The van der Waals surface area contributed by atoms with Gasteiger partial charge in [0.25, 0.3) is 0 Å². The molecule has 0 saturated carbocycles. The lowest BCUT2D eigenvalue weighted by Gasteiger charge is -2.06. The minimum Gasteiger partial charge on any atom is -0.467 e. The van der Waals surface area contributed by atoms with Crippen LogP contribution in [0.4, 0.5) is 5.69 Å². The molecular formula is C15H19N3O. The lowest BCUT2D eigenvalue weighted by atomic mass is 10.1. The van der Waals surface area contributed by atoms with Crippen LogP contribution in [-0.2, 0) is 13.0 Å². The molecule has 0 atom stereocenters. The molecule has 0 aliphatic heterocycles. The van der Waals surface area contributed by atoms with Crippen molar-refractivity contribution in [3.05, 3.63) is 53.5 Å². The summed E-state index contributed by atoms with van der Waals surface area (Å²) in [4.78, 5) is 4.25. The molecule has 1 heterocycles. The van der Waals surface area contributed by atoms with E-state index in [9.17, 15) is 0 Å². The van der Waals surface area contributed by atoms with Crippen LogP contribution in [-0.4, -0.2) is 5.96 Å². The van der Waals surface area contributed by atoms with Crippen LogP contribution >= 0.6 is 0 Å². The van der Waals surface area contributed by atoms with E-state index < -0.39 is 0 Å². The SMILES string of the molecule is CCc1ccc(NC(N)=NCc2occc2C)cc1. The first-order valence-corrected chi connectivity index (χ1v) is 6.38. The smallest absolute Gasteiger partial charge is 0.193 e. The molecule has 0 amide bonds. The van der Waals surface area contributed by atoms with Gasteiger partial charge in [0, 0.05) is 5.69 Å². The van der Waals surface area contributed by atoms with Crippen LogP contribution in [0.3, 0.4) is 0 Å². The van der Waals surface area contributed by atoms with E-state index in [0.717, 1.165) is 23.4 Å². The lowest BCUT2D eigenvalue weighted by molar-refractivity contribution is 0.510. The van der Waals surface area contributed by atoms with E-state index in [0.29, 0.717) is 12.5 Å². The molecule has 1 aromatic carbocycles. The van der Waals surface area contributed by atoms with Gasteiger partial charge in [-0.05, 0) is 42.7 Å². The van der Waals surface area contributed by atoms with E-state index in [1.54, 1.807) is 6.26 Å². The number of hydrogen-bond acceptors (Lipinski definition) is 2. The van der Waals surface area contributed by atoms with E-state index in [2.05, 4.69) is 29.4 Å². The molecule has 4 heteroatoms. The number of nitrogens with zero attached hydrogens (tertiary/aromatic N) is 1. The van der Waals surface area contributed by atoms with Gasteiger partial charge in [-0.3, -0.25) is 0 Å². The average molecular weight is 257 g/mol. The standard InChI is InChI=1S/C15H19N3O/c1-3-12-4-6-13(7-5-12)18-15(16)17-10-14-11(2)8-9-19-14/h4-9H,3,10H2,1-2H3,(H3,16,17,18). The summed E-state index contributed by atoms with van der Waals surface area (Å²) in [6, 6.07) is 10.1. The third-order valence-electron chi connectivity index (χ3n) is 3.00. The van der Waals surface area contributed by atoms with Crippen LogP contribution in [0, 0.1) is 6.92 Å². The van der Waals surface area contributed by atoms with E-state index in [4.69, 9.17) is 10.2 Å². The second kappa shape index (κ2) is 6.09. The number of nitrogens with one attached hydrogen (secondary N) is 1. The molecule has 0 unspecified atom stereocenters. The number of aryl methyl sites for hydroxylation is 2. The predicted octanol–water partition coefficient (Wildman–Crippen LogP) is 3.08. The maximum Gasteiger partial charge on any atom is 0.193 e. The zero-order chi connectivity index (χ0) is 13.7. The number of hydrogen-bond donors (Lipinski definition) is 2. The normalized spacial score (nSPS) is 11.6. The van der Waals surface area contributed by atoms with Crippen molar-refractivity contribution < 1.29 is 4.42 Å². The zero-order valence-electron chi connectivity index (χ0n) is 11.3. The van der Waals surface area contributed by atoms with Gasteiger partial charge in [-0.2, -0.15) is 0 Å². The minimum absolute atomic E-state index is 0.389. The number of furan rings is 1. The third-order valence-corrected chi connectivity index (χ3v) is 3.00. The first-order valence-electron chi connectivity index (χ1n) is 6.38. The maximum atomic E-state index is 5.84. The van der Waals surface area contributed by atoms with Gasteiger partial charge in [-0.1, -0.05) is 19.1 Å². The topological polar surface area (TPSA) is 63.5 Å². The van der Waals surface area contributed by atoms with Gasteiger partial charge in [0.05, 0.1) is 6.26 Å². The number of anilines is 1. The molecule has 0 bridgehead atoms. The summed E-state index contributed by atoms with van der Waals surface area (Å²) in [6.45, 7) is 4.57. The second-order valence-electron chi connectivity index (χ2n) is 4.40. The summed E-state index contributed by atoms with van der Waals surface area (Å²) >= 11 is 0. The van der Waals surface area contributed by atoms with Crippen LogP contribution in [0.2, 0.25) is 0 Å². The van der Waals surface area contributed by atoms with Gasteiger partial charge in [0.1, 0.15) is 12.3 Å². The van der Waals surface area contributed by atoms with Crippen molar-refractivity contribution in [1.29, 1.82) is 0 Å². The van der Waals surface area contributed by atoms with Crippen molar-refractivity contribution in [2.45, 2.75) is 26.8 Å². The minimum atomic E-state index is 0.389. The first-order chi connectivity index (χ1) is 9.19. The van der Waals surface area contributed by atoms with Gasteiger partial charge in [0.2, 0.25) is 0 Å². The summed E-state index contributed by atoms with van der Waals surface area (Å²) in [5.41, 5.74) is 9.16. The molecule has 1 aromatic heterocycles. The van der Waals surface area contributed by atoms with Crippen LogP contribution in [0.15, 0.2) is 46.0 Å². The van der Waals surface area contributed by atoms with Crippen molar-refractivity contribution >= 4 is 11.6 Å². The van der Waals surface area contributed by atoms with Crippen LogP contribution in [0.5, 0.6) is 0 Å². The average Bonchev–Trinajstić information content (AvgIpc) is 2.83. The van der Waals surface area contributed by atoms with Crippen molar-refractivity contribution in [3.63, 3.8) is 0 Å². The molecule has 4 nitrogen and oxygen atoms in total. The van der Waals surface area contributed by atoms with Crippen LogP contribution < -0.4 is 11.1 Å². The molecule has 0 aliphatic rings. The number of guanidine groups is 1. The van der Waals surface area contributed by atoms with Crippen molar-refractivity contribution in [1.82, 2.24) is 0 Å². The van der Waals surface area contributed by atoms with Crippen molar-refractivity contribution in [2.24, 2.45) is 10.7 Å². The molecule has 0 aliphatic carbocycles. The number of benzene rings is 1. The van der Waals surface area contributed by atoms with Gasteiger partial charge in [0.15, 0.2) is 5.96 Å². The fourth-order valence-corrected chi connectivity index (χ4v) is 1.73. The highest BCUT2D eigenvalue weighted by molar-refractivity contribution is 5.92. The molecule has 0 saturated heterocycles. The summed E-state index contributed by atoms with van der Waals surface area (Å²) in [6.07, 6.45) is 2.69. The molecule has 2 rings (SSSR count). The fraction of sp³-hybridized carbons (Fsp3) is 0.267. The molecule has 3 N–H and O–H groups in total. The van der Waals surface area contributed by atoms with E-state index >= 15 is 0 Å². The quantitative estimate of drug-likeness (QED) is 0.653. The predicted molar refractivity (Wildman–Crippen MR) is 78.2 cm³/mol. The summed E-state index contributed by atoms with van der Waals surface area (Å²) in [5.74, 6) is 1.23. The highest BCUT2D eigenvalue weighted by Gasteiger charge is 2.01. The largest absolute Gasteiger partial charge is 0.467 e. The fourth-order valence-electron chi connectivity index (χ4n) is 1.73. The van der Waals surface area contributed by atoms with Crippen LogP contribution in [0.25, 0.3) is 0 Å². The van der Waals surface area contributed by atoms with Gasteiger partial charge >= 0.3 is 0 Å². The van der Waals surface area contributed by atoms with Gasteiger partial charge in [-0.15, -0.1) is 0 Å². The summed E-state index contributed by atoms with van der Waals surface area (Å²) < 4.78 is 5.30. The molecule has 19 heavy (non-hydrogen) atoms. The highest BCUT2D eigenvalue weighted by Crippen LogP contribution is 2.11. The Kier molecular flexibility index (Phi) is 4.23. The van der Waals surface area contributed by atoms with Crippen LogP contribution in [0.1, 0.15) is 23.8 Å². The van der Waals surface area contributed by atoms with E-state index in [1.807, 2.05) is 25.1 Å². The Morgan fingerprint density at radius 3 is 2.58 bits per heavy atom. The summed E-state index contributed by atoms with van der Waals surface area (Å²) in [5, 5.41) is 3.06. The van der Waals surface area contributed by atoms with E-state index in [-0.39, 0.29) is 0 Å². The number of aliphatic imine (C=N–C) groups is 1. The van der Waals surface area contributed by atoms with Gasteiger partial charge < -0.3 is 15.5 Å². The third kappa shape index (κ3) is 3.61. The summed E-state index contributed by atoms with van der Waals surface area (Å²) in [7, 11) is 0. The zero-order valence-corrected chi connectivity index (χ0v) is 11.3. The highest BCUT2D eigenvalue weighted by atomic mass is 16.3. The Balaban J connectivity index is 1.96. The Hall–Kier alpha value is -2.23. The number of rotatable bonds is 4. The second-order valence-corrected chi connectivity index (χ2v) is 4.40. The maximum absolute atomic E-state index is 5.84. The molecule has 0 fully saturated rings. The molecule has 0 spiro atoms. The molecule has 0 radical (unpaired) electrons. The number of nitrogens with two attached hydrogens (primary N) is 1. The molecule has 2 aromatic rings. The molecule has 100 valence electrons. The Bertz CT molecular complexity index is 555. The molecular weight excluding hydrogens is 238 g/mol. The van der Waals surface area contributed by atoms with Crippen molar-refractivity contribution in [2.75, 3.05) is 5.32 Å². The monoisotopic (exact) mass is 257 g/mol.